The standard InChI is InChI=1S/C20H31N3O2/c24-20(9-12-22-13-15-25-16-14-22)21-19-7-4-10-23(17-19)11-8-18-5-2-1-3-6-18/h1-3,5-6,19H,4,7-17H2,(H,21,24)/t19-/m0/s1. The van der Waals surface area contributed by atoms with Crippen LogP contribution in [0.4, 0.5) is 0 Å². The lowest BCUT2D eigenvalue weighted by atomic mass is 10.0. The number of benzene rings is 1. The van der Waals surface area contributed by atoms with E-state index in [0.29, 0.717) is 12.5 Å². The summed E-state index contributed by atoms with van der Waals surface area (Å²) in [5.74, 6) is 0.196. The van der Waals surface area contributed by atoms with Gasteiger partial charge in [0.2, 0.25) is 5.91 Å². The average Bonchev–Trinajstić information content (AvgIpc) is 2.67. The number of rotatable bonds is 7. The lowest BCUT2D eigenvalue weighted by Crippen LogP contribution is -2.48. The molecule has 0 aromatic heterocycles. The van der Waals surface area contributed by atoms with Crippen LogP contribution in [0.1, 0.15) is 24.8 Å². The number of ether oxygens (including phenoxy) is 1. The van der Waals surface area contributed by atoms with E-state index in [2.05, 4.69) is 45.4 Å². The van der Waals surface area contributed by atoms with Crippen molar-refractivity contribution < 1.29 is 9.53 Å². The van der Waals surface area contributed by atoms with E-state index < -0.39 is 0 Å². The van der Waals surface area contributed by atoms with Crippen LogP contribution in [0.2, 0.25) is 0 Å². The predicted molar refractivity (Wildman–Crippen MR) is 99.6 cm³/mol. The number of nitrogens with one attached hydrogen (secondary N) is 1. The molecule has 0 unspecified atom stereocenters. The van der Waals surface area contributed by atoms with Gasteiger partial charge in [0.1, 0.15) is 0 Å². The van der Waals surface area contributed by atoms with Gasteiger partial charge in [-0.3, -0.25) is 9.69 Å². The molecular weight excluding hydrogens is 314 g/mol. The summed E-state index contributed by atoms with van der Waals surface area (Å²) in [6.45, 7) is 7.53. The molecule has 1 aromatic rings. The van der Waals surface area contributed by atoms with Crippen LogP contribution in [0.25, 0.3) is 0 Å². The molecule has 2 heterocycles. The molecule has 0 radical (unpaired) electrons. The van der Waals surface area contributed by atoms with Gasteiger partial charge < -0.3 is 15.0 Å². The summed E-state index contributed by atoms with van der Waals surface area (Å²) in [4.78, 5) is 17.1. The first-order valence-corrected chi connectivity index (χ1v) is 9.65. The summed E-state index contributed by atoms with van der Waals surface area (Å²) in [5, 5.41) is 3.25. The molecule has 1 amide bonds. The van der Waals surface area contributed by atoms with Crippen molar-refractivity contribution >= 4 is 5.91 Å². The molecule has 1 N–H and O–H groups in total. The number of morpholine rings is 1. The third-order valence-electron chi connectivity index (χ3n) is 5.19. The van der Waals surface area contributed by atoms with Gasteiger partial charge in [-0.2, -0.15) is 0 Å². The normalized spacial score (nSPS) is 22.6. The zero-order valence-corrected chi connectivity index (χ0v) is 15.2. The van der Waals surface area contributed by atoms with E-state index in [1.807, 2.05) is 0 Å². The molecule has 5 nitrogen and oxygen atoms in total. The lowest BCUT2D eigenvalue weighted by molar-refractivity contribution is -0.122. The molecular formula is C20H31N3O2. The molecule has 0 saturated carbocycles. The Balaban J connectivity index is 1.35. The van der Waals surface area contributed by atoms with Crippen molar-refractivity contribution in [1.82, 2.24) is 15.1 Å². The zero-order chi connectivity index (χ0) is 17.3. The zero-order valence-electron chi connectivity index (χ0n) is 15.2. The van der Waals surface area contributed by atoms with Gasteiger partial charge in [0.15, 0.2) is 0 Å². The van der Waals surface area contributed by atoms with Crippen LogP contribution in [0.15, 0.2) is 30.3 Å². The van der Waals surface area contributed by atoms with Gasteiger partial charge in [-0.1, -0.05) is 30.3 Å². The van der Waals surface area contributed by atoms with Gasteiger partial charge >= 0.3 is 0 Å². The summed E-state index contributed by atoms with van der Waals surface area (Å²) >= 11 is 0. The SMILES string of the molecule is O=C(CCN1CCOCC1)N[C@H]1CCCN(CCc2ccccc2)C1. The maximum atomic E-state index is 12.3. The first-order valence-electron chi connectivity index (χ1n) is 9.65. The Bertz CT molecular complexity index is 517. The fraction of sp³-hybridized carbons (Fsp3) is 0.650. The van der Waals surface area contributed by atoms with Gasteiger partial charge in [0.25, 0.3) is 0 Å². The van der Waals surface area contributed by atoms with E-state index in [4.69, 9.17) is 4.74 Å². The number of nitrogens with zero attached hydrogens (tertiary/aromatic N) is 2. The number of likely N-dealkylation sites (tertiary alicyclic amines) is 1. The van der Waals surface area contributed by atoms with E-state index in [9.17, 15) is 4.79 Å². The monoisotopic (exact) mass is 345 g/mol. The van der Waals surface area contributed by atoms with Crippen LogP contribution < -0.4 is 5.32 Å². The Kier molecular flexibility index (Phi) is 7.27. The van der Waals surface area contributed by atoms with E-state index >= 15 is 0 Å². The van der Waals surface area contributed by atoms with Crippen molar-refractivity contribution in [2.45, 2.75) is 31.7 Å². The molecule has 2 aliphatic heterocycles. The minimum atomic E-state index is 0.196. The Morgan fingerprint density at radius 2 is 1.88 bits per heavy atom. The maximum Gasteiger partial charge on any atom is 0.221 e. The highest BCUT2D eigenvalue weighted by molar-refractivity contribution is 5.76. The highest BCUT2D eigenvalue weighted by atomic mass is 16.5. The first-order chi connectivity index (χ1) is 12.3. The van der Waals surface area contributed by atoms with Gasteiger partial charge in [0.05, 0.1) is 13.2 Å². The third-order valence-corrected chi connectivity index (χ3v) is 5.19. The molecule has 3 rings (SSSR count). The number of carbonyl (C=O) groups is 1. The first kappa shape index (κ1) is 18.4. The number of hydrogen-bond acceptors (Lipinski definition) is 4. The van der Waals surface area contributed by atoms with Gasteiger partial charge in [0, 0.05) is 45.2 Å². The fourth-order valence-corrected chi connectivity index (χ4v) is 3.69. The van der Waals surface area contributed by atoms with Crippen LogP contribution in [0.5, 0.6) is 0 Å². The number of piperidine rings is 1. The summed E-state index contributed by atoms with van der Waals surface area (Å²) in [7, 11) is 0. The molecule has 0 bridgehead atoms. The van der Waals surface area contributed by atoms with Crippen LogP contribution in [0, 0.1) is 0 Å². The second kappa shape index (κ2) is 9.90. The molecule has 25 heavy (non-hydrogen) atoms. The van der Waals surface area contributed by atoms with E-state index in [1.54, 1.807) is 0 Å². The molecule has 138 valence electrons. The van der Waals surface area contributed by atoms with Crippen molar-refractivity contribution in [2.75, 3.05) is 52.5 Å². The largest absolute Gasteiger partial charge is 0.379 e. The van der Waals surface area contributed by atoms with Crippen molar-refractivity contribution in [3.63, 3.8) is 0 Å². The minimum Gasteiger partial charge on any atom is -0.379 e. The topological polar surface area (TPSA) is 44.8 Å². The second-order valence-corrected chi connectivity index (χ2v) is 7.15. The molecule has 0 spiro atoms. The predicted octanol–water partition coefficient (Wildman–Crippen LogP) is 1.53. The van der Waals surface area contributed by atoms with Crippen LogP contribution in [-0.2, 0) is 16.0 Å². The average molecular weight is 345 g/mol. The number of carbonyl (C=O) groups excluding carboxylic acids is 1. The summed E-state index contributed by atoms with van der Waals surface area (Å²) in [6.07, 6.45) is 3.95. The Hall–Kier alpha value is -1.43. The highest BCUT2D eigenvalue weighted by Crippen LogP contribution is 2.12. The summed E-state index contributed by atoms with van der Waals surface area (Å²) in [5.41, 5.74) is 1.39. The third kappa shape index (κ3) is 6.42. The summed E-state index contributed by atoms with van der Waals surface area (Å²) in [6, 6.07) is 10.9. The van der Waals surface area contributed by atoms with Crippen LogP contribution in [0.3, 0.4) is 0 Å². The van der Waals surface area contributed by atoms with E-state index in [0.717, 1.165) is 65.3 Å². The maximum absolute atomic E-state index is 12.3. The molecule has 1 atom stereocenters. The van der Waals surface area contributed by atoms with Gasteiger partial charge in [-0.05, 0) is 31.4 Å². The second-order valence-electron chi connectivity index (χ2n) is 7.15. The van der Waals surface area contributed by atoms with Gasteiger partial charge in [-0.15, -0.1) is 0 Å². The molecule has 0 aliphatic carbocycles. The molecule has 2 aliphatic rings. The van der Waals surface area contributed by atoms with Crippen LogP contribution >= 0.6 is 0 Å². The number of hydrogen-bond donors (Lipinski definition) is 1. The molecule has 1 aromatic carbocycles. The molecule has 2 fully saturated rings. The van der Waals surface area contributed by atoms with Crippen LogP contribution in [-0.4, -0.2) is 74.2 Å². The van der Waals surface area contributed by atoms with Crippen molar-refractivity contribution in [3.8, 4) is 0 Å². The highest BCUT2D eigenvalue weighted by Gasteiger charge is 2.21. The van der Waals surface area contributed by atoms with Gasteiger partial charge in [-0.25, -0.2) is 0 Å². The van der Waals surface area contributed by atoms with Crippen molar-refractivity contribution in [1.29, 1.82) is 0 Å². The Labute approximate surface area is 151 Å². The Morgan fingerprint density at radius 1 is 1.08 bits per heavy atom. The Morgan fingerprint density at radius 3 is 2.68 bits per heavy atom. The lowest BCUT2D eigenvalue weighted by Gasteiger charge is -2.33. The fourth-order valence-electron chi connectivity index (χ4n) is 3.69. The van der Waals surface area contributed by atoms with E-state index in [1.165, 1.54) is 12.0 Å². The van der Waals surface area contributed by atoms with Crippen molar-refractivity contribution in [3.05, 3.63) is 35.9 Å². The molecule has 5 heteroatoms. The molecule has 2 saturated heterocycles. The summed E-state index contributed by atoms with van der Waals surface area (Å²) < 4.78 is 5.35. The minimum absolute atomic E-state index is 0.196. The quantitative estimate of drug-likeness (QED) is 0.814. The van der Waals surface area contributed by atoms with Crippen molar-refractivity contribution in [2.24, 2.45) is 0 Å². The number of amides is 1. The van der Waals surface area contributed by atoms with E-state index in [-0.39, 0.29) is 5.91 Å². The smallest absolute Gasteiger partial charge is 0.221 e.